The van der Waals surface area contributed by atoms with Crippen LogP contribution in [0.4, 0.5) is 9.18 Å². The van der Waals surface area contributed by atoms with E-state index >= 15 is 0 Å². The van der Waals surface area contributed by atoms with Crippen LogP contribution < -0.4 is 5.32 Å². The highest BCUT2D eigenvalue weighted by atomic mass is 19.1. The zero-order valence-electron chi connectivity index (χ0n) is 13.1. The second kappa shape index (κ2) is 5.51. The third kappa shape index (κ3) is 3.02. The molecule has 124 valence electrons. The van der Waals surface area contributed by atoms with Gasteiger partial charge in [-0.1, -0.05) is 12.1 Å². The van der Waals surface area contributed by atoms with E-state index in [1.807, 2.05) is 0 Å². The SMILES string of the molecule is CC1(C(=O)O)CCN(C(=O)NCC2(c3ccc(F)cc3)CC2)C1. The van der Waals surface area contributed by atoms with Crippen LogP contribution >= 0.6 is 0 Å². The van der Waals surface area contributed by atoms with E-state index in [0.717, 1.165) is 18.4 Å². The van der Waals surface area contributed by atoms with Gasteiger partial charge in [0.15, 0.2) is 0 Å². The second-order valence-corrected chi connectivity index (χ2v) is 6.98. The quantitative estimate of drug-likeness (QED) is 0.895. The lowest BCUT2D eigenvalue weighted by atomic mass is 9.90. The van der Waals surface area contributed by atoms with Crippen molar-refractivity contribution < 1.29 is 19.1 Å². The average Bonchev–Trinajstić information content (AvgIpc) is 3.20. The van der Waals surface area contributed by atoms with E-state index in [1.54, 1.807) is 24.0 Å². The topological polar surface area (TPSA) is 69.6 Å². The highest BCUT2D eigenvalue weighted by Gasteiger charge is 2.46. The van der Waals surface area contributed by atoms with Gasteiger partial charge in [0, 0.05) is 25.0 Å². The molecule has 1 aliphatic carbocycles. The van der Waals surface area contributed by atoms with E-state index in [1.165, 1.54) is 12.1 Å². The number of hydrogen-bond acceptors (Lipinski definition) is 2. The fourth-order valence-electron chi connectivity index (χ4n) is 3.19. The standard InChI is InChI=1S/C17H21FN2O3/c1-16(14(21)22)8-9-20(11-16)15(23)19-10-17(6-7-17)12-2-4-13(18)5-3-12/h2-5H,6-11H2,1H3,(H,19,23)(H,21,22). The van der Waals surface area contributed by atoms with Crippen LogP contribution in [0.3, 0.4) is 0 Å². The van der Waals surface area contributed by atoms with E-state index < -0.39 is 11.4 Å². The zero-order valence-corrected chi connectivity index (χ0v) is 13.1. The van der Waals surface area contributed by atoms with E-state index in [4.69, 9.17) is 0 Å². The highest BCUT2D eigenvalue weighted by molar-refractivity contribution is 5.79. The van der Waals surface area contributed by atoms with Crippen molar-refractivity contribution in [3.05, 3.63) is 35.6 Å². The van der Waals surface area contributed by atoms with Crippen molar-refractivity contribution in [2.75, 3.05) is 19.6 Å². The van der Waals surface area contributed by atoms with Gasteiger partial charge in [0.25, 0.3) is 0 Å². The summed E-state index contributed by atoms with van der Waals surface area (Å²) in [4.78, 5) is 25.1. The number of benzene rings is 1. The van der Waals surface area contributed by atoms with Crippen molar-refractivity contribution in [3.63, 3.8) is 0 Å². The molecule has 3 rings (SSSR count). The molecule has 2 fully saturated rings. The molecule has 1 atom stereocenters. The Morgan fingerprint density at radius 2 is 1.91 bits per heavy atom. The van der Waals surface area contributed by atoms with Gasteiger partial charge in [-0.3, -0.25) is 4.79 Å². The number of urea groups is 1. The Bertz CT molecular complexity index is 627. The summed E-state index contributed by atoms with van der Waals surface area (Å²) >= 11 is 0. The van der Waals surface area contributed by atoms with Gasteiger partial charge in [0.2, 0.25) is 0 Å². The molecule has 23 heavy (non-hydrogen) atoms. The molecule has 1 aromatic carbocycles. The summed E-state index contributed by atoms with van der Waals surface area (Å²) in [5.41, 5.74) is 0.0843. The number of carboxylic acids is 1. The fraction of sp³-hybridized carbons (Fsp3) is 0.529. The Kier molecular flexibility index (Phi) is 3.78. The molecule has 2 N–H and O–H groups in total. The molecule has 6 heteroatoms. The van der Waals surface area contributed by atoms with Crippen LogP contribution in [0.5, 0.6) is 0 Å². The molecule has 2 amide bonds. The van der Waals surface area contributed by atoms with Gasteiger partial charge in [-0.2, -0.15) is 0 Å². The van der Waals surface area contributed by atoms with Gasteiger partial charge in [-0.25, -0.2) is 9.18 Å². The Labute approximate surface area is 134 Å². The number of hydrogen-bond donors (Lipinski definition) is 2. The maximum absolute atomic E-state index is 13.0. The van der Waals surface area contributed by atoms with Crippen LogP contribution in [0.15, 0.2) is 24.3 Å². The number of aliphatic carboxylic acids is 1. The number of rotatable bonds is 4. The first kappa shape index (κ1) is 15.8. The molecule has 0 spiro atoms. The minimum absolute atomic E-state index is 0.0980. The van der Waals surface area contributed by atoms with Gasteiger partial charge in [0.1, 0.15) is 5.82 Å². The van der Waals surface area contributed by atoms with Crippen LogP contribution in [0.25, 0.3) is 0 Å². The number of carbonyl (C=O) groups is 2. The predicted molar refractivity (Wildman–Crippen MR) is 82.6 cm³/mol. The minimum Gasteiger partial charge on any atom is -0.481 e. The smallest absolute Gasteiger partial charge is 0.317 e. The molecular formula is C17H21FN2O3. The summed E-state index contributed by atoms with van der Waals surface area (Å²) in [7, 11) is 0. The van der Waals surface area contributed by atoms with Gasteiger partial charge in [-0.05, 0) is 43.9 Å². The maximum atomic E-state index is 13.0. The average molecular weight is 320 g/mol. The molecule has 1 saturated heterocycles. The van der Waals surface area contributed by atoms with E-state index in [0.29, 0.717) is 19.5 Å². The molecule has 0 bridgehead atoms. The number of amides is 2. The number of carboxylic acid groups (broad SMARTS) is 1. The van der Waals surface area contributed by atoms with Crippen molar-refractivity contribution in [2.24, 2.45) is 5.41 Å². The third-order valence-corrected chi connectivity index (χ3v) is 5.17. The maximum Gasteiger partial charge on any atom is 0.317 e. The summed E-state index contributed by atoms with van der Waals surface area (Å²) in [5, 5.41) is 12.1. The molecule has 0 aromatic heterocycles. The molecule has 1 unspecified atom stereocenters. The number of carbonyl (C=O) groups excluding carboxylic acids is 1. The Balaban J connectivity index is 1.58. The summed E-state index contributed by atoms with van der Waals surface area (Å²) < 4.78 is 13.0. The van der Waals surface area contributed by atoms with E-state index in [9.17, 15) is 19.1 Å². The number of halogens is 1. The second-order valence-electron chi connectivity index (χ2n) is 6.98. The molecule has 1 aliphatic heterocycles. The van der Waals surface area contributed by atoms with Gasteiger partial charge in [0.05, 0.1) is 5.41 Å². The van der Waals surface area contributed by atoms with Crippen LogP contribution in [0.1, 0.15) is 31.7 Å². The van der Waals surface area contributed by atoms with Gasteiger partial charge >= 0.3 is 12.0 Å². The number of nitrogens with zero attached hydrogens (tertiary/aromatic N) is 1. The summed E-state index contributed by atoms with van der Waals surface area (Å²) in [6, 6.07) is 6.20. The number of likely N-dealkylation sites (tertiary alicyclic amines) is 1. The largest absolute Gasteiger partial charge is 0.481 e. The molecule has 5 nitrogen and oxygen atoms in total. The van der Waals surface area contributed by atoms with Gasteiger partial charge in [-0.15, -0.1) is 0 Å². The van der Waals surface area contributed by atoms with Gasteiger partial charge < -0.3 is 15.3 Å². The monoisotopic (exact) mass is 320 g/mol. The summed E-state index contributed by atoms with van der Waals surface area (Å²) in [6.45, 7) is 2.86. The van der Waals surface area contributed by atoms with Crippen molar-refractivity contribution >= 4 is 12.0 Å². The van der Waals surface area contributed by atoms with Crippen LogP contribution in [0.2, 0.25) is 0 Å². The Morgan fingerprint density at radius 1 is 1.26 bits per heavy atom. The first-order chi connectivity index (χ1) is 10.8. The van der Waals surface area contributed by atoms with Crippen molar-refractivity contribution in [1.82, 2.24) is 10.2 Å². The summed E-state index contributed by atoms with van der Waals surface area (Å²) in [5.74, 6) is -1.13. The first-order valence-corrected chi connectivity index (χ1v) is 7.87. The normalized spacial score (nSPS) is 25.2. The van der Waals surface area contributed by atoms with Crippen molar-refractivity contribution in [3.8, 4) is 0 Å². The van der Waals surface area contributed by atoms with Crippen molar-refractivity contribution in [1.29, 1.82) is 0 Å². The number of nitrogens with one attached hydrogen (secondary N) is 1. The lowest BCUT2D eigenvalue weighted by molar-refractivity contribution is -0.147. The van der Waals surface area contributed by atoms with E-state index in [-0.39, 0.29) is 23.8 Å². The first-order valence-electron chi connectivity index (χ1n) is 7.87. The molecule has 2 aliphatic rings. The van der Waals surface area contributed by atoms with Crippen LogP contribution in [-0.2, 0) is 10.2 Å². The lowest BCUT2D eigenvalue weighted by Crippen LogP contribution is -2.43. The van der Waals surface area contributed by atoms with Crippen LogP contribution in [0, 0.1) is 11.2 Å². The lowest BCUT2D eigenvalue weighted by Gasteiger charge is -2.22. The Hall–Kier alpha value is -2.11. The molecular weight excluding hydrogens is 299 g/mol. The third-order valence-electron chi connectivity index (χ3n) is 5.17. The Morgan fingerprint density at radius 3 is 2.43 bits per heavy atom. The minimum atomic E-state index is -0.863. The van der Waals surface area contributed by atoms with Crippen molar-refractivity contribution in [2.45, 2.75) is 31.6 Å². The highest BCUT2D eigenvalue weighted by Crippen LogP contribution is 2.47. The van der Waals surface area contributed by atoms with E-state index in [2.05, 4.69) is 5.32 Å². The molecule has 1 aromatic rings. The molecule has 1 saturated carbocycles. The zero-order chi connectivity index (χ0) is 16.7. The molecule has 0 radical (unpaired) electrons. The summed E-state index contributed by atoms with van der Waals surface area (Å²) in [6.07, 6.45) is 2.40. The molecule has 1 heterocycles. The predicted octanol–water partition coefficient (Wildman–Crippen LogP) is 2.36. The fourth-order valence-corrected chi connectivity index (χ4v) is 3.19. The van der Waals surface area contributed by atoms with Crippen LogP contribution in [-0.4, -0.2) is 41.6 Å².